The zero-order valence-electron chi connectivity index (χ0n) is 26.7. The molecule has 3 aromatic rings. The number of halogens is 2. The van der Waals surface area contributed by atoms with Crippen LogP contribution in [0, 0.1) is 12.8 Å². The van der Waals surface area contributed by atoms with E-state index in [2.05, 4.69) is 58.8 Å². The summed E-state index contributed by atoms with van der Waals surface area (Å²) in [6.07, 6.45) is 1.00. The Labute approximate surface area is 254 Å². The van der Waals surface area contributed by atoms with Crippen molar-refractivity contribution < 1.29 is 13.5 Å². The van der Waals surface area contributed by atoms with Crippen molar-refractivity contribution in [3.05, 3.63) is 47.3 Å². The second-order valence-electron chi connectivity index (χ2n) is 12.6. The zero-order valence-corrected chi connectivity index (χ0v) is 26.7. The third-order valence-electron chi connectivity index (χ3n) is 9.22. The maximum absolute atomic E-state index is 15.8. The first-order valence-corrected chi connectivity index (χ1v) is 15.7. The van der Waals surface area contributed by atoms with Crippen molar-refractivity contribution in [1.29, 1.82) is 0 Å². The number of anilines is 2. The van der Waals surface area contributed by atoms with Gasteiger partial charge in [0.05, 0.1) is 12.5 Å². The fourth-order valence-corrected chi connectivity index (χ4v) is 6.42. The topological polar surface area (TPSA) is 69.7 Å². The summed E-state index contributed by atoms with van der Waals surface area (Å²) in [5.74, 6) is -1.80. The number of benzene rings is 1. The highest BCUT2D eigenvalue weighted by Crippen LogP contribution is 2.42. The monoisotopic (exact) mass is 595 g/mol. The van der Waals surface area contributed by atoms with E-state index in [-0.39, 0.29) is 11.6 Å². The fourth-order valence-electron chi connectivity index (χ4n) is 6.42. The Kier molecular flexibility index (Phi) is 9.37. The number of aryl methyl sites for hydroxylation is 1. The molecule has 1 aromatic carbocycles. The number of pyridine rings is 1. The van der Waals surface area contributed by atoms with Crippen molar-refractivity contribution in [3.63, 3.8) is 0 Å². The Morgan fingerprint density at radius 3 is 2.16 bits per heavy atom. The highest BCUT2D eigenvalue weighted by Gasteiger charge is 2.43. The predicted octanol–water partition coefficient (Wildman–Crippen LogP) is 6.26. The molecule has 0 saturated carbocycles. The highest BCUT2D eigenvalue weighted by atomic mass is 19.3. The lowest BCUT2D eigenvalue weighted by Gasteiger charge is -2.38. The molecule has 4 heterocycles. The van der Waals surface area contributed by atoms with Crippen LogP contribution in [-0.2, 0) is 5.92 Å². The molecule has 43 heavy (non-hydrogen) atoms. The molecule has 1 unspecified atom stereocenters. The maximum atomic E-state index is 15.8. The van der Waals surface area contributed by atoms with Gasteiger partial charge in [0.15, 0.2) is 5.65 Å². The van der Waals surface area contributed by atoms with Gasteiger partial charge in [-0.1, -0.05) is 18.2 Å². The summed E-state index contributed by atoms with van der Waals surface area (Å²) < 4.78 is 37.3. The molecule has 0 amide bonds. The minimum atomic E-state index is -2.88. The second-order valence-corrected chi connectivity index (χ2v) is 12.6. The second kappa shape index (κ2) is 12.9. The van der Waals surface area contributed by atoms with Crippen LogP contribution < -0.4 is 15.0 Å². The first-order valence-electron chi connectivity index (χ1n) is 15.7. The van der Waals surface area contributed by atoms with Crippen molar-refractivity contribution in [1.82, 2.24) is 24.8 Å². The third-order valence-corrected chi connectivity index (χ3v) is 9.22. The smallest absolute Gasteiger partial charge is 0.276 e. The lowest BCUT2D eigenvalue weighted by Crippen LogP contribution is -2.49. The normalized spacial score (nSPS) is 18.5. The Hall–Kier alpha value is -3.11. The molecule has 10 heteroatoms. The van der Waals surface area contributed by atoms with Crippen LogP contribution in [0.2, 0.25) is 0 Å². The Morgan fingerprint density at radius 2 is 1.53 bits per heavy atom. The van der Waals surface area contributed by atoms with Crippen LogP contribution in [0.3, 0.4) is 0 Å². The summed E-state index contributed by atoms with van der Waals surface area (Å²) in [5.41, 5.74) is 2.32. The van der Waals surface area contributed by atoms with E-state index in [1.807, 2.05) is 19.9 Å². The molecule has 2 fully saturated rings. The number of piperazine rings is 1. The first-order chi connectivity index (χ1) is 20.5. The lowest BCUT2D eigenvalue weighted by atomic mass is 9.85. The molecule has 2 aliphatic heterocycles. The molecular weight excluding hydrogens is 548 g/mol. The molecule has 0 aliphatic carbocycles. The molecule has 2 aliphatic rings. The minimum absolute atomic E-state index is 0.0830. The summed E-state index contributed by atoms with van der Waals surface area (Å²) in [5, 5.41) is 4.27. The SMILES string of the molecule is COc1nc2nc(C)nc(NC(C)c3cccc(C(F)(F)C4CCN(C(C)C)CC4)c3)c2cc1N1CCN(C(C)C)CC1. The van der Waals surface area contributed by atoms with Crippen LogP contribution in [0.4, 0.5) is 20.3 Å². The largest absolute Gasteiger partial charge is 0.479 e. The van der Waals surface area contributed by atoms with Gasteiger partial charge < -0.3 is 19.9 Å². The number of hydrogen-bond donors (Lipinski definition) is 1. The standard InChI is InChI=1S/C33H47F2N7O/c1-21(2)40-13-11-26(12-14-40)33(34,35)27-10-8-9-25(19-27)23(5)36-30-28-20-29(42-17-15-41(16-18-42)22(3)4)32(43-7)39-31(28)38-24(6)37-30/h8-10,19-23,26H,11-18H2,1-7H3,(H,36,37,38,39). The number of methoxy groups -OCH3 is 1. The molecule has 234 valence electrons. The summed E-state index contributed by atoms with van der Waals surface area (Å²) >= 11 is 0. The van der Waals surface area contributed by atoms with Gasteiger partial charge >= 0.3 is 0 Å². The molecular formula is C33H47F2N7O. The van der Waals surface area contributed by atoms with E-state index in [0.29, 0.717) is 61.2 Å². The van der Waals surface area contributed by atoms with Gasteiger partial charge in [-0.15, -0.1) is 0 Å². The number of nitrogens with zero attached hydrogens (tertiary/aromatic N) is 6. The van der Waals surface area contributed by atoms with Gasteiger partial charge in [0, 0.05) is 55.8 Å². The molecule has 0 bridgehead atoms. The van der Waals surface area contributed by atoms with Crippen LogP contribution >= 0.6 is 0 Å². The van der Waals surface area contributed by atoms with E-state index in [1.165, 1.54) is 0 Å². The number of fused-ring (bicyclic) bond motifs is 1. The van der Waals surface area contributed by atoms with Crippen molar-refractivity contribution in [3.8, 4) is 5.88 Å². The highest BCUT2D eigenvalue weighted by molar-refractivity contribution is 5.90. The molecule has 2 aromatic heterocycles. The summed E-state index contributed by atoms with van der Waals surface area (Å²) in [7, 11) is 1.63. The van der Waals surface area contributed by atoms with Crippen LogP contribution in [0.5, 0.6) is 5.88 Å². The average molecular weight is 596 g/mol. The van der Waals surface area contributed by atoms with Crippen LogP contribution in [0.1, 0.15) is 70.5 Å². The Balaban J connectivity index is 1.39. The third kappa shape index (κ3) is 6.70. The maximum Gasteiger partial charge on any atom is 0.276 e. The van der Waals surface area contributed by atoms with Crippen LogP contribution in [0.25, 0.3) is 11.0 Å². The van der Waals surface area contributed by atoms with Gasteiger partial charge in [-0.25, -0.2) is 18.7 Å². The molecule has 5 rings (SSSR count). The lowest BCUT2D eigenvalue weighted by molar-refractivity contribution is -0.0876. The van der Waals surface area contributed by atoms with Crippen molar-refractivity contribution in [2.75, 3.05) is 56.6 Å². The summed E-state index contributed by atoms with van der Waals surface area (Å²) in [6.45, 7) is 17.6. The number of alkyl halides is 2. The number of likely N-dealkylation sites (tertiary alicyclic amines) is 1. The number of piperidine rings is 1. The summed E-state index contributed by atoms with van der Waals surface area (Å²) in [4.78, 5) is 21.1. The number of hydrogen-bond acceptors (Lipinski definition) is 8. The van der Waals surface area contributed by atoms with E-state index in [4.69, 9.17) is 14.7 Å². The van der Waals surface area contributed by atoms with Crippen molar-refractivity contribution >= 4 is 22.5 Å². The van der Waals surface area contributed by atoms with E-state index < -0.39 is 11.8 Å². The zero-order chi connectivity index (χ0) is 30.9. The van der Waals surface area contributed by atoms with E-state index >= 15 is 8.78 Å². The van der Waals surface area contributed by atoms with Crippen molar-refractivity contribution in [2.24, 2.45) is 5.92 Å². The van der Waals surface area contributed by atoms with Gasteiger partial charge in [0.1, 0.15) is 17.3 Å². The quantitative estimate of drug-likeness (QED) is 0.311. The molecule has 2 saturated heterocycles. The van der Waals surface area contributed by atoms with Gasteiger partial charge in [0.25, 0.3) is 5.92 Å². The van der Waals surface area contributed by atoms with E-state index in [0.717, 1.165) is 42.8 Å². The van der Waals surface area contributed by atoms with Crippen molar-refractivity contribution in [2.45, 2.75) is 78.4 Å². The van der Waals surface area contributed by atoms with Gasteiger partial charge in [-0.2, -0.15) is 4.98 Å². The number of nitrogens with one attached hydrogen (secondary N) is 1. The minimum Gasteiger partial charge on any atom is -0.479 e. The van der Waals surface area contributed by atoms with Crippen LogP contribution in [-0.4, -0.2) is 83.2 Å². The van der Waals surface area contributed by atoms with Gasteiger partial charge in [0.2, 0.25) is 5.88 Å². The fraction of sp³-hybridized carbons (Fsp3) is 0.606. The first kappa shape index (κ1) is 31.3. The molecule has 1 atom stereocenters. The summed E-state index contributed by atoms with van der Waals surface area (Å²) in [6, 6.07) is 9.53. The predicted molar refractivity (Wildman–Crippen MR) is 169 cm³/mol. The Morgan fingerprint density at radius 1 is 0.884 bits per heavy atom. The van der Waals surface area contributed by atoms with Gasteiger partial charge in [-0.05, 0) is 85.2 Å². The van der Waals surface area contributed by atoms with E-state index in [9.17, 15) is 0 Å². The average Bonchev–Trinajstić information content (AvgIpc) is 3.00. The molecule has 0 spiro atoms. The van der Waals surface area contributed by atoms with Gasteiger partial charge in [-0.3, -0.25) is 4.90 Å². The number of ether oxygens (including phenoxy) is 1. The van der Waals surface area contributed by atoms with E-state index in [1.54, 1.807) is 25.3 Å². The number of rotatable bonds is 9. The Bertz CT molecular complexity index is 1400. The molecule has 1 N–H and O–H groups in total. The molecule has 8 nitrogen and oxygen atoms in total. The molecule has 0 radical (unpaired) electrons. The number of aromatic nitrogens is 3. The van der Waals surface area contributed by atoms with Crippen LogP contribution in [0.15, 0.2) is 30.3 Å².